The molecule has 1 saturated heterocycles. The van der Waals surface area contributed by atoms with Gasteiger partial charge in [-0.2, -0.15) is 0 Å². The number of hydrogen-bond donors (Lipinski definition) is 2. The fourth-order valence-electron chi connectivity index (χ4n) is 8.42. The van der Waals surface area contributed by atoms with E-state index in [0.29, 0.717) is 0 Å². The number of benzene rings is 1. The standard InChI is InChI=1S/C34H39Cl3O12/c1-16-20(40)13-33(44)28(48-29(43)19-10-8-7-9-11-19)26-31(6,27(42)25(46-17(2)38)24(16)30(33,4)5)21(47-23(41)14-34(35,36)37)12-22-32(26,15-45-22)49-18(3)39/h7-11,20-22,25-26,28,40,44H,12-15H2,1-6H3/t20-,21-,22+,25+,26-,28-,31+,32-,33+/m0/s1. The number of esters is 4. The Morgan fingerprint density at radius 2 is 1.63 bits per heavy atom. The summed E-state index contributed by atoms with van der Waals surface area (Å²) < 4.78 is 27.7. The van der Waals surface area contributed by atoms with Crippen LogP contribution in [0.1, 0.15) is 71.2 Å². The molecule has 0 radical (unpaired) electrons. The van der Waals surface area contributed by atoms with E-state index in [0.717, 1.165) is 13.8 Å². The first-order valence-corrected chi connectivity index (χ1v) is 16.9. The van der Waals surface area contributed by atoms with Gasteiger partial charge in [-0.1, -0.05) is 66.8 Å². The first-order chi connectivity index (χ1) is 22.6. The molecule has 9 atom stereocenters. The Balaban J connectivity index is 1.85. The van der Waals surface area contributed by atoms with Gasteiger partial charge in [-0.3, -0.25) is 19.2 Å². The molecule has 1 heterocycles. The number of halogens is 3. The van der Waals surface area contributed by atoms with Crippen LogP contribution in [0.4, 0.5) is 0 Å². The highest BCUT2D eigenvalue weighted by Gasteiger charge is 2.79. The van der Waals surface area contributed by atoms with Gasteiger partial charge in [0, 0.05) is 32.1 Å². The number of carbonyl (C=O) groups excluding carboxylic acids is 5. The van der Waals surface area contributed by atoms with Crippen molar-refractivity contribution < 1.29 is 57.9 Å². The topological polar surface area (TPSA) is 172 Å². The molecule has 0 amide bonds. The predicted molar refractivity (Wildman–Crippen MR) is 173 cm³/mol. The average molecular weight is 746 g/mol. The Hall–Kier alpha value is -2.74. The van der Waals surface area contributed by atoms with Crippen molar-refractivity contribution in [1.82, 2.24) is 0 Å². The molecular formula is C34H39Cl3O12. The minimum atomic E-state index is -2.23. The second-order valence-electron chi connectivity index (χ2n) is 14.0. The molecule has 2 N–H and O–H groups in total. The van der Waals surface area contributed by atoms with Crippen LogP contribution in [0, 0.1) is 16.7 Å². The maximum absolute atomic E-state index is 15.4. The second kappa shape index (κ2) is 12.8. The van der Waals surface area contributed by atoms with Gasteiger partial charge in [-0.25, -0.2) is 4.79 Å². The summed E-state index contributed by atoms with van der Waals surface area (Å²) in [5, 5.41) is 24.6. The zero-order chi connectivity index (χ0) is 36.5. The summed E-state index contributed by atoms with van der Waals surface area (Å²) in [7, 11) is 0. The number of alkyl halides is 3. The lowest BCUT2D eigenvalue weighted by atomic mass is 9.44. The molecule has 3 aliphatic carbocycles. The Morgan fingerprint density at radius 3 is 2.16 bits per heavy atom. The number of hydrogen-bond acceptors (Lipinski definition) is 12. The SMILES string of the molecule is CC(=O)O[C@H]1C(=O)[C@]2(C)[C@@H](OC(=O)CC(Cl)(Cl)Cl)C[C@H]3OC[C@@]3(OC(C)=O)[C@H]2[C@H](OC(=O)c2ccccc2)[C@]2(O)C[C@H](O)C(C)=C1C2(C)C. The summed E-state index contributed by atoms with van der Waals surface area (Å²) >= 11 is 17.7. The molecule has 0 aromatic heterocycles. The lowest BCUT2D eigenvalue weighted by Gasteiger charge is -2.67. The van der Waals surface area contributed by atoms with Crippen LogP contribution in [0.2, 0.25) is 0 Å². The monoisotopic (exact) mass is 744 g/mol. The van der Waals surface area contributed by atoms with E-state index in [4.69, 9.17) is 58.5 Å². The minimum Gasteiger partial charge on any atom is -0.461 e. The van der Waals surface area contributed by atoms with Crippen molar-refractivity contribution >= 4 is 64.5 Å². The number of aliphatic hydroxyl groups excluding tert-OH is 1. The predicted octanol–water partition coefficient (Wildman–Crippen LogP) is 3.96. The van der Waals surface area contributed by atoms with Crippen molar-refractivity contribution in [2.45, 2.75) is 106 Å². The summed E-state index contributed by atoms with van der Waals surface area (Å²) in [5.74, 6) is -5.87. The molecule has 1 aromatic carbocycles. The minimum absolute atomic E-state index is 0.0780. The van der Waals surface area contributed by atoms with Crippen molar-refractivity contribution in [2.24, 2.45) is 16.7 Å². The maximum atomic E-state index is 15.4. The van der Waals surface area contributed by atoms with E-state index in [1.165, 1.54) is 19.1 Å². The van der Waals surface area contributed by atoms with Crippen molar-refractivity contribution in [3.05, 3.63) is 47.0 Å². The van der Waals surface area contributed by atoms with Crippen LogP contribution in [0.15, 0.2) is 41.5 Å². The molecule has 15 heteroatoms. The lowest BCUT2D eigenvalue weighted by Crippen LogP contribution is -2.82. The van der Waals surface area contributed by atoms with Gasteiger partial charge in [-0.15, -0.1) is 0 Å². The van der Waals surface area contributed by atoms with Crippen LogP contribution < -0.4 is 0 Å². The van der Waals surface area contributed by atoms with E-state index in [2.05, 4.69) is 0 Å². The number of Topliss-reactive ketones (excluding diaryl/α,β-unsaturated/α-hetero) is 1. The number of carbonyl (C=O) groups is 5. The van der Waals surface area contributed by atoms with Gasteiger partial charge in [0.25, 0.3) is 0 Å². The highest BCUT2D eigenvalue weighted by Crippen LogP contribution is 2.64. The summed E-state index contributed by atoms with van der Waals surface area (Å²) in [5.41, 5.74) is -7.11. The van der Waals surface area contributed by atoms with Crippen LogP contribution >= 0.6 is 34.8 Å². The molecule has 3 fully saturated rings. The van der Waals surface area contributed by atoms with Crippen molar-refractivity contribution in [3.63, 3.8) is 0 Å². The summed E-state index contributed by atoms with van der Waals surface area (Å²) in [6, 6.07) is 7.89. The zero-order valence-corrected chi connectivity index (χ0v) is 30.1. The fourth-order valence-corrected chi connectivity index (χ4v) is 8.75. The zero-order valence-electron chi connectivity index (χ0n) is 27.8. The smallest absolute Gasteiger partial charge is 0.338 e. The van der Waals surface area contributed by atoms with Crippen molar-refractivity contribution in [1.29, 1.82) is 0 Å². The summed E-state index contributed by atoms with van der Waals surface area (Å²) in [6.07, 6.45) is -8.66. The third-order valence-corrected chi connectivity index (χ3v) is 11.2. The Labute approximate surface area is 298 Å². The number of ketones is 1. The third-order valence-electron chi connectivity index (χ3n) is 10.8. The quantitative estimate of drug-likeness (QED) is 0.186. The van der Waals surface area contributed by atoms with E-state index in [1.54, 1.807) is 39.0 Å². The molecule has 4 aliphatic rings. The molecular weight excluding hydrogens is 707 g/mol. The van der Waals surface area contributed by atoms with Gasteiger partial charge in [0.15, 0.2) is 17.5 Å². The van der Waals surface area contributed by atoms with Crippen molar-refractivity contribution in [3.8, 4) is 0 Å². The average Bonchev–Trinajstić information content (AvgIpc) is 2.97. The largest absolute Gasteiger partial charge is 0.461 e. The van der Waals surface area contributed by atoms with Crippen LogP contribution in [-0.2, 0) is 42.9 Å². The van der Waals surface area contributed by atoms with E-state index in [1.807, 2.05) is 0 Å². The lowest BCUT2D eigenvalue weighted by molar-refractivity contribution is -0.346. The Morgan fingerprint density at radius 1 is 1.00 bits per heavy atom. The van der Waals surface area contributed by atoms with E-state index >= 15 is 4.79 Å². The third kappa shape index (κ3) is 6.16. The fraction of sp³-hybridized carbons (Fsp3) is 0.618. The van der Waals surface area contributed by atoms with Gasteiger partial charge in [0.05, 0.1) is 36.0 Å². The molecule has 268 valence electrons. The van der Waals surface area contributed by atoms with E-state index in [-0.39, 0.29) is 29.7 Å². The molecule has 1 aliphatic heterocycles. The molecule has 0 unspecified atom stereocenters. The van der Waals surface area contributed by atoms with Crippen LogP contribution in [0.25, 0.3) is 0 Å². The van der Waals surface area contributed by atoms with Crippen LogP contribution in [0.3, 0.4) is 0 Å². The van der Waals surface area contributed by atoms with Gasteiger partial charge in [0.2, 0.25) is 3.79 Å². The summed E-state index contributed by atoms with van der Waals surface area (Å²) in [6.45, 7) is 8.09. The van der Waals surface area contributed by atoms with E-state index < -0.39 is 105 Å². The van der Waals surface area contributed by atoms with Crippen LogP contribution in [0.5, 0.6) is 0 Å². The Kier molecular flexibility index (Phi) is 9.79. The first kappa shape index (κ1) is 37.5. The molecule has 2 saturated carbocycles. The van der Waals surface area contributed by atoms with Gasteiger partial charge >= 0.3 is 23.9 Å². The number of aliphatic hydroxyl groups is 2. The van der Waals surface area contributed by atoms with Gasteiger partial charge in [0.1, 0.15) is 23.9 Å². The van der Waals surface area contributed by atoms with Gasteiger partial charge in [-0.05, 0) is 37.1 Å². The number of ether oxygens (including phenoxy) is 5. The molecule has 12 nitrogen and oxygen atoms in total. The highest BCUT2D eigenvalue weighted by molar-refractivity contribution is 6.68. The molecule has 0 spiro atoms. The molecule has 2 bridgehead atoms. The highest BCUT2D eigenvalue weighted by atomic mass is 35.6. The normalized spacial score (nSPS) is 36.5. The molecule has 49 heavy (non-hydrogen) atoms. The number of rotatable bonds is 6. The summed E-state index contributed by atoms with van der Waals surface area (Å²) in [4.78, 5) is 68.1. The Bertz CT molecular complexity index is 1590. The van der Waals surface area contributed by atoms with Crippen LogP contribution in [-0.4, -0.2) is 92.0 Å². The number of fused-ring (bicyclic) bond motifs is 5. The van der Waals surface area contributed by atoms with Gasteiger partial charge < -0.3 is 33.9 Å². The first-order valence-electron chi connectivity index (χ1n) is 15.8. The van der Waals surface area contributed by atoms with Crippen molar-refractivity contribution in [2.75, 3.05) is 6.61 Å². The molecule has 5 rings (SSSR count). The van der Waals surface area contributed by atoms with E-state index in [9.17, 15) is 29.4 Å². The molecule has 1 aromatic rings. The maximum Gasteiger partial charge on any atom is 0.338 e. The second-order valence-corrected chi connectivity index (χ2v) is 16.5.